The van der Waals surface area contributed by atoms with E-state index in [4.69, 9.17) is 9.47 Å². The molecule has 196 valence electrons. The van der Waals surface area contributed by atoms with Gasteiger partial charge in [-0.1, -0.05) is 0 Å². The molecule has 2 amide bonds. The van der Waals surface area contributed by atoms with Crippen LogP contribution in [0.2, 0.25) is 0 Å². The number of nitrogens with zero attached hydrogens (tertiary/aromatic N) is 1. The first kappa shape index (κ1) is 27.2. The first-order valence-electron chi connectivity index (χ1n) is 11.3. The van der Waals surface area contributed by atoms with Gasteiger partial charge in [0.1, 0.15) is 29.4 Å². The van der Waals surface area contributed by atoms with Crippen LogP contribution in [0.25, 0.3) is 0 Å². The topological polar surface area (TPSA) is 134 Å². The van der Waals surface area contributed by atoms with Crippen LogP contribution in [0.5, 0.6) is 5.75 Å². The number of ether oxygens (including phenoxy) is 2. The summed E-state index contributed by atoms with van der Waals surface area (Å²) in [5.41, 5.74) is -0.263. The van der Waals surface area contributed by atoms with Crippen molar-refractivity contribution in [2.75, 3.05) is 22.7 Å². The SMILES string of the molecule is CC(O)C(=O)NCCC1CN(S(=O)(=O)c2ccc(F)cc2)c2cc(NC(=O)OC(C)(C)C)ccc2O1. The Bertz CT molecular complexity index is 1210. The van der Waals surface area contributed by atoms with E-state index in [9.17, 15) is 27.5 Å². The summed E-state index contributed by atoms with van der Waals surface area (Å²) in [5.74, 6) is -0.889. The van der Waals surface area contributed by atoms with Crippen molar-refractivity contribution in [1.29, 1.82) is 0 Å². The fraction of sp³-hybridized carbons (Fsp3) is 0.417. The van der Waals surface area contributed by atoms with Gasteiger partial charge in [-0.25, -0.2) is 17.6 Å². The number of anilines is 2. The number of nitrogens with one attached hydrogen (secondary N) is 2. The molecule has 1 heterocycles. The molecule has 3 N–H and O–H groups in total. The molecule has 2 atom stereocenters. The number of carbonyl (C=O) groups excluding carboxylic acids is 2. The smallest absolute Gasteiger partial charge is 0.412 e. The molecule has 0 saturated heterocycles. The van der Waals surface area contributed by atoms with E-state index in [2.05, 4.69) is 10.6 Å². The lowest BCUT2D eigenvalue weighted by atomic mass is 10.1. The largest absolute Gasteiger partial charge is 0.486 e. The molecular formula is C24H30FN3O7S. The van der Waals surface area contributed by atoms with E-state index < -0.39 is 45.6 Å². The molecule has 3 rings (SSSR count). The summed E-state index contributed by atoms with van der Waals surface area (Å²) in [7, 11) is -4.14. The number of aliphatic hydroxyl groups is 1. The van der Waals surface area contributed by atoms with Gasteiger partial charge in [0.15, 0.2) is 0 Å². The van der Waals surface area contributed by atoms with E-state index in [1.807, 2.05) is 0 Å². The Hall–Kier alpha value is -3.38. The average molecular weight is 524 g/mol. The van der Waals surface area contributed by atoms with Crippen LogP contribution >= 0.6 is 0 Å². The van der Waals surface area contributed by atoms with Crippen molar-refractivity contribution < 1.29 is 37.0 Å². The molecule has 1 aliphatic rings. The van der Waals surface area contributed by atoms with Crippen molar-refractivity contribution in [1.82, 2.24) is 5.32 Å². The van der Waals surface area contributed by atoms with Crippen LogP contribution in [-0.4, -0.2) is 56.4 Å². The highest BCUT2D eigenvalue weighted by atomic mass is 32.2. The Kier molecular flexibility index (Phi) is 8.09. The van der Waals surface area contributed by atoms with Crippen LogP contribution in [0.15, 0.2) is 47.4 Å². The molecule has 0 aromatic heterocycles. The highest BCUT2D eigenvalue weighted by Crippen LogP contribution is 2.39. The Labute approximate surface area is 209 Å². The Morgan fingerprint density at radius 3 is 2.50 bits per heavy atom. The van der Waals surface area contributed by atoms with E-state index in [-0.39, 0.29) is 41.5 Å². The molecule has 0 radical (unpaired) electrons. The molecule has 2 aromatic rings. The first-order valence-corrected chi connectivity index (χ1v) is 12.7. The molecule has 0 spiro atoms. The Morgan fingerprint density at radius 1 is 1.22 bits per heavy atom. The number of halogens is 1. The van der Waals surface area contributed by atoms with Gasteiger partial charge in [0.2, 0.25) is 5.91 Å². The molecule has 36 heavy (non-hydrogen) atoms. The molecule has 0 saturated carbocycles. The zero-order valence-electron chi connectivity index (χ0n) is 20.4. The molecule has 0 fully saturated rings. The second-order valence-corrected chi connectivity index (χ2v) is 11.2. The second kappa shape index (κ2) is 10.7. The van der Waals surface area contributed by atoms with E-state index in [0.29, 0.717) is 0 Å². The maximum absolute atomic E-state index is 13.5. The number of sulfonamides is 1. The van der Waals surface area contributed by atoms with Crippen LogP contribution in [0.3, 0.4) is 0 Å². The second-order valence-electron chi connectivity index (χ2n) is 9.29. The molecule has 2 unspecified atom stereocenters. The van der Waals surface area contributed by atoms with Crippen molar-refractivity contribution in [2.24, 2.45) is 0 Å². The highest BCUT2D eigenvalue weighted by Gasteiger charge is 2.35. The monoisotopic (exact) mass is 523 g/mol. The van der Waals surface area contributed by atoms with E-state index >= 15 is 0 Å². The van der Waals surface area contributed by atoms with Crippen molar-refractivity contribution in [3.63, 3.8) is 0 Å². The van der Waals surface area contributed by atoms with Gasteiger partial charge in [0.25, 0.3) is 10.0 Å². The number of fused-ring (bicyclic) bond motifs is 1. The van der Waals surface area contributed by atoms with Crippen LogP contribution < -0.4 is 19.7 Å². The Balaban J connectivity index is 1.91. The summed E-state index contributed by atoms with van der Waals surface area (Å²) in [4.78, 5) is 23.7. The maximum atomic E-state index is 13.5. The third-order valence-corrected chi connectivity index (χ3v) is 6.88. The molecular weight excluding hydrogens is 493 g/mol. The number of rotatable bonds is 7. The normalized spacial score (nSPS) is 16.4. The predicted octanol–water partition coefficient (Wildman–Crippen LogP) is 3.02. The standard InChI is InChI=1S/C24H30FN3O7S/c1-15(29)22(30)26-12-11-18-14-28(36(32,33)19-8-5-16(25)6-9-19)20-13-17(7-10-21(20)34-18)27-23(31)35-24(2,3)4/h5-10,13,15,18,29H,11-12,14H2,1-4H3,(H,26,30)(H,27,31). The minimum atomic E-state index is -4.14. The predicted molar refractivity (Wildman–Crippen MR) is 131 cm³/mol. The van der Waals surface area contributed by atoms with Gasteiger partial charge in [0, 0.05) is 18.7 Å². The van der Waals surface area contributed by atoms with Crippen molar-refractivity contribution in [2.45, 2.75) is 56.8 Å². The molecule has 10 nitrogen and oxygen atoms in total. The van der Waals surface area contributed by atoms with Gasteiger partial charge in [-0.3, -0.25) is 14.4 Å². The highest BCUT2D eigenvalue weighted by molar-refractivity contribution is 7.92. The quantitative estimate of drug-likeness (QED) is 0.508. The lowest BCUT2D eigenvalue weighted by Crippen LogP contribution is -2.45. The third kappa shape index (κ3) is 6.85. The zero-order valence-corrected chi connectivity index (χ0v) is 21.3. The summed E-state index contributed by atoms with van der Waals surface area (Å²) < 4.78 is 52.9. The fourth-order valence-electron chi connectivity index (χ4n) is 3.43. The average Bonchev–Trinajstić information content (AvgIpc) is 2.77. The van der Waals surface area contributed by atoms with Gasteiger partial charge >= 0.3 is 6.09 Å². The third-order valence-electron chi connectivity index (χ3n) is 5.08. The summed E-state index contributed by atoms with van der Waals surface area (Å²) >= 11 is 0. The van der Waals surface area contributed by atoms with Gasteiger partial charge < -0.3 is 19.9 Å². The summed E-state index contributed by atoms with van der Waals surface area (Å²) in [6.07, 6.45) is -2.26. The summed E-state index contributed by atoms with van der Waals surface area (Å²) in [6.45, 7) is 6.53. The number of benzene rings is 2. The molecule has 1 aliphatic heterocycles. The number of hydrogen-bond donors (Lipinski definition) is 3. The zero-order chi connectivity index (χ0) is 26.7. The number of amides is 2. The van der Waals surface area contributed by atoms with Gasteiger partial charge in [0.05, 0.1) is 17.1 Å². The number of hydrogen-bond acceptors (Lipinski definition) is 7. The number of aliphatic hydroxyl groups excluding tert-OH is 1. The minimum absolute atomic E-state index is 0.104. The van der Waals surface area contributed by atoms with Gasteiger partial charge in [-0.15, -0.1) is 0 Å². The van der Waals surface area contributed by atoms with E-state index in [0.717, 1.165) is 16.4 Å². The van der Waals surface area contributed by atoms with Gasteiger partial charge in [-0.05, 0) is 70.2 Å². The molecule has 0 bridgehead atoms. The lowest BCUT2D eigenvalue weighted by Gasteiger charge is -2.36. The number of carbonyl (C=O) groups is 2. The van der Waals surface area contributed by atoms with Crippen LogP contribution in [0.4, 0.5) is 20.6 Å². The lowest BCUT2D eigenvalue weighted by molar-refractivity contribution is -0.128. The first-order chi connectivity index (χ1) is 16.8. The molecule has 2 aromatic carbocycles. The fourth-order valence-corrected chi connectivity index (χ4v) is 4.93. The minimum Gasteiger partial charge on any atom is -0.486 e. The van der Waals surface area contributed by atoms with Crippen LogP contribution in [-0.2, 0) is 19.6 Å². The molecule has 0 aliphatic carbocycles. The van der Waals surface area contributed by atoms with Crippen LogP contribution in [0, 0.1) is 5.82 Å². The van der Waals surface area contributed by atoms with Crippen LogP contribution in [0.1, 0.15) is 34.1 Å². The maximum Gasteiger partial charge on any atom is 0.412 e. The van der Waals surface area contributed by atoms with E-state index in [1.165, 1.54) is 31.2 Å². The summed E-state index contributed by atoms with van der Waals surface area (Å²) in [6, 6.07) is 8.96. The van der Waals surface area contributed by atoms with Crippen molar-refractivity contribution >= 4 is 33.4 Å². The van der Waals surface area contributed by atoms with Gasteiger partial charge in [-0.2, -0.15) is 0 Å². The van der Waals surface area contributed by atoms with Crippen molar-refractivity contribution in [3.05, 3.63) is 48.3 Å². The van der Waals surface area contributed by atoms with E-state index in [1.54, 1.807) is 26.8 Å². The molecule has 12 heteroatoms. The van der Waals surface area contributed by atoms with Crippen molar-refractivity contribution in [3.8, 4) is 5.75 Å². The Morgan fingerprint density at radius 2 is 1.89 bits per heavy atom. The summed E-state index contributed by atoms with van der Waals surface area (Å²) in [5, 5.41) is 14.5.